The summed E-state index contributed by atoms with van der Waals surface area (Å²) in [4.78, 5) is 21.2. The van der Waals surface area contributed by atoms with E-state index in [0.717, 1.165) is 6.42 Å². The minimum absolute atomic E-state index is 0.0396. The van der Waals surface area contributed by atoms with E-state index in [1.165, 1.54) is 0 Å². The Bertz CT molecular complexity index is 191. The molecule has 0 aromatic carbocycles. The van der Waals surface area contributed by atoms with Crippen molar-refractivity contribution < 1.29 is 9.59 Å². The molecule has 2 amide bonds. The van der Waals surface area contributed by atoms with Crippen molar-refractivity contribution in [3.8, 4) is 0 Å². The molecule has 1 aliphatic carbocycles. The van der Waals surface area contributed by atoms with Gasteiger partial charge in [0.05, 0.1) is 6.54 Å². The van der Waals surface area contributed by atoms with Gasteiger partial charge in [-0.05, 0) is 12.3 Å². The van der Waals surface area contributed by atoms with E-state index in [9.17, 15) is 9.59 Å². The van der Waals surface area contributed by atoms with Gasteiger partial charge in [-0.15, -0.1) is 0 Å². The molecule has 3 N–H and O–H groups in total. The Morgan fingerprint density at radius 2 is 2.18 bits per heavy atom. The van der Waals surface area contributed by atoms with Gasteiger partial charge in [0.2, 0.25) is 11.8 Å². The van der Waals surface area contributed by atoms with Crippen LogP contribution in [0.5, 0.6) is 0 Å². The van der Waals surface area contributed by atoms with Crippen LogP contribution in [0.3, 0.4) is 0 Å². The van der Waals surface area contributed by atoms with E-state index in [-0.39, 0.29) is 18.4 Å². The van der Waals surface area contributed by atoms with Crippen molar-refractivity contribution in [3.05, 3.63) is 0 Å². The minimum Gasteiger partial charge on any atom is -0.368 e. The Hall–Kier alpha value is -1.06. The Labute approximate surface area is 65.1 Å². The normalized spacial score (nSPS) is 27.7. The molecule has 4 heteroatoms. The highest BCUT2D eigenvalue weighted by Crippen LogP contribution is 2.37. The molecule has 0 radical (unpaired) electrons. The largest absolute Gasteiger partial charge is 0.368 e. The fourth-order valence-electron chi connectivity index (χ4n) is 0.993. The van der Waals surface area contributed by atoms with Gasteiger partial charge in [-0.25, -0.2) is 0 Å². The molecule has 62 valence electrons. The molecule has 0 aromatic heterocycles. The first-order valence-electron chi connectivity index (χ1n) is 3.67. The van der Waals surface area contributed by atoms with Gasteiger partial charge in [0.25, 0.3) is 0 Å². The molecule has 1 aliphatic rings. The van der Waals surface area contributed by atoms with Crippen LogP contribution in [0.2, 0.25) is 0 Å². The quantitative estimate of drug-likeness (QED) is 0.564. The smallest absolute Gasteiger partial charge is 0.236 e. The topological polar surface area (TPSA) is 72.2 Å². The predicted molar refractivity (Wildman–Crippen MR) is 39.5 cm³/mol. The van der Waals surface area contributed by atoms with E-state index in [1.807, 2.05) is 6.92 Å². The van der Waals surface area contributed by atoms with E-state index in [2.05, 4.69) is 5.32 Å². The molecule has 1 fully saturated rings. The Morgan fingerprint density at radius 3 is 2.55 bits per heavy atom. The van der Waals surface area contributed by atoms with Gasteiger partial charge < -0.3 is 11.1 Å². The number of rotatable bonds is 3. The summed E-state index contributed by atoms with van der Waals surface area (Å²) in [5.41, 5.74) is 4.84. The molecule has 0 aliphatic heterocycles. The van der Waals surface area contributed by atoms with E-state index in [1.54, 1.807) is 0 Å². The van der Waals surface area contributed by atoms with E-state index in [4.69, 9.17) is 5.73 Å². The van der Waals surface area contributed by atoms with Gasteiger partial charge in [0, 0.05) is 5.92 Å². The number of primary amides is 1. The SMILES string of the molecule is CC1CC1C(=O)NCC(N)=O. The summed E-state index contributed by atoms with van der Waals surface area (Å²) in [6.07, 6.45) is 0.935. The van der Waals surface area contributed by atoms with Crippen molar-refractivity contribution in [2.24, 2.45) is 17.6 Å². The molecular formula is C7H12N2O2. The second kappa shape index (κ2) is 2.90. The highest BCUT2D eigenvalue weighted by molar-refractivity contribution is 5.86. The summed E-state index contributed by atoms with van der Waals surface area (Å²) < 4.78 is 0. The Morgan fingerprint density at radius 1 is 1.64 bits per heavy atom. The summed E-state index contributed by atoms with van der Waals surface area (Å²) in [5, 5.41) is 2.46. The molecule has 4 nitrogen and oxygen atoms in total. The Kier molecular flexibility index (Phi) is 2.12. The number of hydrogen-bond donors (Lipinski definition) is 2. The van der Waals surface area contributed by atoms with Crippen LogP contribution in [0.25, 0.3) is 0 Å². The molecule has 0 bridgehead atoms. The molecule has 2 unspecified atom stereocenters. The van der Waals surface area contributed by atoms with Crippen LogP contribution in [0.15, 0.2) is 0 Å². The predicted octanol–water partition coefficient (Wildman–Crippen LogP) is -0.756. The molecule has 0 saturated heterocycles. The first-order valence-corrected chi connectivity index (χ1v) is 3.67. The molecule has 1 saturated carbocycles. The second-order valence-electron chi connectivity index (χ2n) is 3.00. The summed E-state index contributed by atoms with van der Waals surface area (Å²) >= 11 is 0. The summed E-state index contributed by atoms with van der Waals surface area (Å²) in [7, 11) is 0. The molecule has 2 atom stereocenters. The number of hydrogen-bond acceptors (Lipinski definition) is 2. The van der Waals surface area contributed by atoms with Crippen LogP contribution >= 0.6 is 0 Å². The maximum absolute atomic E-state index is 11.0. The highest BCUT2D eigenvalue weighted by Gasteiger charge is 2.38. The van der Waals surface area contributed by atoms with E-state index in [0.29, 0.717) is 5.92 Å². The molecule has 0 heterocycles. The lowest BCUT2D eigenvalue weighted by Crippen LogP contribution is -2.34. The number of nitrogens with one attached hydrogen (secondary N) is 1. The fourth-order valence-corrected chi connectivity index (χ4v) is 0.993. The lowest BCUT2D eigenvalue weighted by Gasteiger charge is -1.99. The van der Waals surface area contributed by atoms with Crippen LogP contribution < -0.4 is 11.1 Å². The van der Waals surface area contributed by atoms with Crippen LogP contribution in [0.1, 0.15) is 13.3 Å². The van der Waals surface area contributed by atoms with Crippen molar-refractivity contribution in [1.82, 2.24) is 5.32 Å². The van der Waals surface area contributed by atoms with Crippen LogP contribution in [-0.4, -0.2) is 18.4 Å². The Balaban J connectivity index is 2.17. The van der Waals surface area contributed by atoms with Crippen molar-refractivity contribution in [2.45, 2.75) is 13.3 Å². The summed E-state index contributed by atoms with van der Waals surface area (Å²) in [6.45, 7) is 1.97. The average molecular weight is 156 g/mol. The van der Waals surface area contributed by atoms with Gasteiger partial charge in [-0.2, -0.15) is 0 Å². The lowest BCUT2D eigenvalue weighted by atomic mass is 10.3. The van der Waals surface area contributed by atoms with Crippen LogP contribution in [0.4, 0.5) is 0 Å². The minimum atomic E-state index is -0.494. The maximum atomic E-state index is 11.0. The zero-order chi connectivity index (χ0) is 8.43. The zero-order valence-electron chi connectivity index (χ0n) is 6.46. The van der Waals surface area contributed by atoms with Gasteiger partial charge in [-0.1, -0.05) is 6.92 Å². The molecule has 1 rings (SSSR count). The standard InChI is InChI=1S/C7H12N2O2/c1-4-2-5(4)7(11)9-3-6(8)10/h4-5H,2-3H2,1H3,(H2,8,10)(H,9,11). The third-order valence-electron chi connectivity index (χ3n) is 1.88. The second-order valence-corrected chi connectivity index (χ2v) is 3.00. The van der Waals surface area contributed by atoms with E-state index < -0.39 is 5.91 Å². The zero-order valence-corrected chi connectivity index (χ0v) is 6.46. The fraction of sp³-hybridized carbons (Fsp3) is 0.714. The van der Waals surface area contributed by atoms with Gasteiger partial charge >= 0.3 is 0 Å². The number of amides is 2. The summed E-state index contributed by atoms with van der Waals surface area (Å²) in [6, 6.07) is 0. The summed E-state index contributed by atoms with van der Waals surface area (Å²) in [5.74, 6) is 0.0557. The van der Waals surface area contributed by atoms with Gasteiger partial charge in [0.1, 0.15) is 0 Å². The third kappa shape index (κ3) is 2.22. The monoisotopic (exact) mass is 156 g/mol. The maximum Gasteiger partial charge on any atom is 0.236 e. The first-order chi connectivity index (χ1) is 5.11. The van der Waals surface area contributed by atoms with Crippen molar-refractivity contribution in [1.29, 1.82) is 0 Å². The number of carbonyl (C=O) groups is 2. The first kappa shape index (κ1) is 8.04. The van der Waals surface area contributed by atoms with Crippen molar-refractivity contribution in [2.75, 3.05) is 6.54 Å². The average Bonchev–Trinajstić information content (AvgIpc) is 2.61. The van der Waals surface area contributed by atoms with Crippen molar-refractivity contribution >= 4 is 11.8 Å². The highest BCUT2D eigenvalue weighted by atomic mass is 16.2. The van der Waals surface area contributed by atoms with Crippen LogP contribution in [0, 0.1) is 11.8 Å². The molecular weight excluding hydrogens is 144 g/mol. The van der Waals surface area contributed by atoms with Crippen molar-refractivity contribution in [3.63, 3.8) is 0 Å². The lowest BCUT2D eigenvalue weighted by molar-refractivity contribution is -0.125. The third-order valence-corrected chi connectivity index (χ3v) is 1.88. The molecule has 11 heavy (non-hydrogen) atoms. The molecule has 0 aromatic rings. The number of nitrogens with two attached hydrogens (primary N) is 1. The van der Waals surface area contributed by atoms with Gasteiger partial charge in [-0.3, -0.25) is 9.59 Å². The number of carbonyl (C=O) groups excluding carboxylic acids is 2. The van der Waals surface area contributed by atoms with Crippen LogP contribution in [-0.2, 0) is 9.59 Å². The van der Waals surface area contributed by atoms with E-state index >= 15 is 0 Å². The van der Waals surface area contributed by atoms with Gasteiger partial charge in [0.15, 0.2) is 0 Å². The molecule has 0 spiro atoms.